The Balaban J connectivity index is 1.97. The summed E-state index contributed by atoms with van der Waals surface area (Å²) in [5.41, 5.74) is 1.15. The molecule has 2 rings (SSSR count). The lowest BCUT2D eigenvalue weighted by Gasteiger charge is -2.06. The molecule has 2 N–H and O–H groups in total. The number of anilines is 2. The van der Waals surface area contributed by atoms with Gasteiger partial charge in [0.1, 0.15) is 11.9 Å². The number of aromatic nitrogens is 1. The number of carbonyl (C=O) groups excluding carboxylic acids is 1. The van der Waals surface area contributed by atoms with E-state index in [2.05, 4.69) is 15.6 Å². The third-order valence-corrected chi connectivity index (χ3v) is 2.17. The Hall–Kier alpha value is -2.87. The Morgan fingerprint density at radius 1 is 1.11 bits per heavy atom. The molecule has 0 spiro atoms. The van der Waals surface area contributed by atoms with Crippen molar-refractivity contribution in [2.24, 2.45) is 0 Å². The van der Waals surface area contributed by atoms with Crippen LogP contribution in [0.3, 0.4) is 0 Å². The molecule has 0 bridgehead atoms. The lowest BCUT2D eigenvalue weighted by molar-refractivity contribution is 0.262. The van der Waals surface area contributed by atoms with Crippen LogP contribution in [0.15, 0.2) is 48.7 Å². The average molecular weight is 238 g/mol. The van der Waals surface area contributed by atoms with Crippen LogP contribution in [0.1, 0.15) is 5.56 Å². The van der Waals surface area contributed by atoms with Crippen LogP contribution in [-0.2, 0) is 0 Å². The Bertz CT molecular complexity index is 572. The zero-order valence-corrected chi connectivity index (χ0v) is 9.42. The van der Waals surface area contributed by atoms with Gasteiger partial charge in [-0.3, -0.25) is 5.32 Å². The van der Waals surface area contributed by atoms with Crippen molar-refractivity contribution < 1.29 is 4.79 Å². The van der Waals surface area contributed by atoms with Crippen molar-refractivity contribution in [3.05, 3.63) is 54.2 Å². The van der Waals surface area contributed by atoms with Crippen LogP contribution in [0.4, 0.5) is 16.3 Å². The number of urea groups is 1. The van der Waals surface area contributed by atoms with Gasteiger partial charge in [0.05, 0.1) is 5.56 Å². The number of amides is 2. The molecule has 1 aromatic carbocycles. The SMILES string of the molecule is N#Cc1ccc(NC(=O)Nc2ccccc2)nc1. The summed E-state index contributed by atoms with van der Waals surface area (Å²) >= 11 is 0. The van der Waals surface area contributed by atoms with E-state index in [-0.39, 0.29) is 6.03 Å². The minimum atomic E-state index is -0.376. The molecule has 18 heavy (non-hydrogen) atoms. The van der Waals surface area contributed by atoms with E-state index in [1.807, 2.05) is 24.3 Å². The smallest absolute Gasteiger partial charge is 0.308 e. The number of nitrogens with zero attached hydrogens (tertiary/aromatic N) is 2. The van der Waals surface area contributed by atoms with E-state index in [9.17, 15) is 4.79 Å². The number of para-hydroxylation sites is 1. The summed E-state index contributed by atoms with van der Waals surface area (Å²) in [5, 5.41) is 13.9. The van der Waals surface area contributed by atoms with Crippen LogP contribution < -0.4 is 10.6 Å². The van der Waals surface area contributed by atoms with Crippen molar-refractivity contribution in [2.75, 3.05) is 10.6 Å². The number of carbonyl (C=O) groups is 1. The maximum absolute atomic E-state index is 11.6. The number of hydrogen-bond donors (Lipinski definition) is 2. The molecule has 0 saturated carbocycles. The summed E-state index contributed by atoms with van der Waals surface area (Å²) in [5.74, 6) is 0.391. The van der Waals surface area contributed by atoms with E-state index in [1.54, 1.807) is 24.3 Å². The van der Waals surface area contributed by atoms with Gasteiger partial charge in [-0.2, -0.15) is 5.26 Å². The fourth-order valence-electron chi connectivity index (χ4n) is 1.33. The van der Waals surface area contributed by atoms with Gasteiger partial charge in [0.25, 0.3) is 0 Å². The monoisotopic (exact) mass is 238 g/mol. The molecule has 0 fully saturated rings. The second-order valence-electron chi connectivity index (χ2n) is 3.49. The molecule has 1 aromatic heterocycles. The van der Waals surface area contributed by atoms with E-state index >= 15 is 0 Å². The molecule has 5 nitrogen and oxygen atoms in total. The molecule has 5 heteroatoms. The van der Waals surface area contributed by atoms with Gasteiger partial charge in [-0.25, -0.2) is 9.78 Å². The summed E-state index contributed by atoms with van der Waals surface area (Å²) in [4.78, 5) is 15.5. The first kappa shape index (κ1) is 11.6. The number of rotatable bonds is 2. The van der Waals surface area contributed by atoms with Crippen LogP contribution in [0.25, 0.3) is 0 Å². The van der Waals surface area contributed by atoms with Crippen molar-refractivity contribution in [1.29, 1.82) is 5.26 Å². The molecule has 1 heterocycles. The molecular weight excluding hydrogens is 228 g/mol. The predicted octanol–water partition coefficient (Wildman–Crippen LogP) is 2.60. The fraction of sp³-hybridized carbons (Fsp3) is 0. The van der Waals surface area contributed by atoms with Gasteiger partial charge in [-0.15, -0.1) is 0 Å². The van der Waals surface area contributed by atoms with Crippen molar-refractivity contribution in [3.63, 3.8) is 0 Å². The van der Waals surface area contributed by atoms with Crippen LogP contribution in [0, 0.1) is 11.3 Å². The third-order valence-electron chi connectivity index (χ3n) is 2.17. The Morgan fingerprint density at radius 3 is 2.50 bits per heavy atom. The van der Waals surface area contributed by atoms with E-state index < -0.39 is 0 Å². The topological polar surface area (TPSA) is 77.8 Å². The third kappa shape index (κ3) is 3.06. The lowest BCUT2D eigenvalue weighted by Crippen LogP contribution is -2.19. The highest BCUT2D eigenvalue weighted by molar-refractivity contribution is 5.99. The maximum atomic E-state index is 11.6. The average Bonchev–Trinajstić information content (AvgIpc) is 2.40. The van der Waals surface area contributed by atoms with Crippen molar-refractivity contribution in [2.45, 2.75) is 0 Å². The molecule has 0 radical (unpaired) electrons. The molecular formula is C13H10N4O. The summed E-state index contributed by atoms with van der Waals surface area (Å²) in [6, 6.07) is 13.8. The summed E-state index contributed by atoms with van der Waals surface area (Å²) in [7, 11) is 0. The number of benzene rings is 1. The zero-order chi connectivity index (χ0) is 12.8. The van der Waals surface area contributed by atoms with E-state index in [1.165, 1.54) is 6.20 Å². The minimum absolute atomic E-state index is 0.376. The van der Waals surface area contributed by atoms with Gasteiger partial charge in [0.2, 0.25) is 0 Å². The molecule has 0 aliphatic carbocycles. The first-order valence-corrected chi connectivity index (χ1v) is 5.27. The van der Waals surface area contributed by atoms with Gasteiger partial charge in [-0.1, -0.05) is 18.2 Å². The van der Waals surface area contributed by atoms with Gasteiger partial charge in [-0.05, 0) is 24.3 Å². The van der Waals surface area contributed by atoms with Crippen molar-refractivity contribution in [1.82, 2.24) is 4.98 Å². The second-order valence-corrected chi connectivity index (χ2v) is 3.49. The quantitative estimate of drug-likeness (QED) is 0.844. The molecule has 0 unspecified atom stereocenters. The van der Waals surface area contributed by atoms with E-state index in [0.717, 1.165) is 0 Å². The van der Waals surface area contributed by atoms with Gasteiger partial charge >= 0.3 is 6.03 Å². The molecule has 2 aromatic rings. The molecule has 0 atom stereocenters. The molecule has 88 valence electrons. The fourth-order valence-corrected chi connectivity index (χ4v) is 1.33. The predicted molar refractivity (Wildman–Crippen MR) is 68.0 cm³/mol. The summed E-state index contributed by atoms with van der Waals surface area (Å²) in [6.45, 7) is 0. The molecule has 0 saturated heterocycles. The van der Waals surface area contributed by atoms with Gasteiger partial charge in [0, 0.05) is 11.9 Å². The highest BCUT2D eigenvalue weighted by Crippen LogP contribution is 2.07. The van der Waals surface area contributed by atoms with Crippen molar-refractivity contribution in [3.8, 4) is 6.07 Å². The number of pyridine rings is 1. The summed E-state index contributed by atoms with van der Waals surface area (Å²) < 4.78 is 0. The van der Waals surface area contributed by atoms with Gasteiger partial charge in [0.15, 0.2) is 0 Å². The normalized spacial score (nSPS) is 9.28. The minimum Gasteiger partial charge on any atom is -0.308 e. The summed E-state index contributed by atoms with van der Waals surface area (Å²) in [6.07, 6.45) is 1.40. The lowest BCUT2D eigenvalue weighted by atomic mass is 10.3. The Morgan fingerprint density at radius 2 is 1.89 bits per heavy atom. The first-order valence-electron chi connectivity index (χ1n) is 5.27. The molecule has 2 amide bonds. The van der Waals surface area contributed by atoms with Gasteiger partial charge < -0.3 is 5.32 Å². The zero-order valence-electron chi connectivity index (χ0n) is 9.42. The maximum Gasteiger partial charge on any atom is 0.324 e. The highest BCUT2D eigenvalue weighted by Gasteiger charge is 2.02. The standard InChI is InChI=1S/C13H10N4O/c14-8-10-6-7-12(15-9-10)17-13(18)16-11-4-2-1-3-5-11/h1-7,9H,(H2,15,16,17,18). The Labute approximate surface area is 104 Å². The largest absolute Gasteiger partial charge is 0.324 e. The van der Waals surface area contributed by atoms with E-state index in [0.29, 0.717) is 17.1 Å². The number of hydrogen-bond acceptors (Lipinski definition) is 3. The molecule has 0 aliphatic rings. The number of nitriles is 1. The van der Waals surface area contributed by atoms with Crippen LogP contribution in [0.5, 0.6) is 0 Å². The van der Waals surface area contributed by atoms with E-state index in [4.69, 9.17) is 5.26 Å². The first-order chi connectivity index (χ1) is 8.78. The Kier molecular flexibility index (Phi) is 3.52. The van der Waals surface area contributed by atoms with Crippen LogP contribution in [0.2, 0.25) is 0 Å². The van der Waals surface area contributed by atoms with Crippen LogP contribution in [-0.4, -0.2) is 11.0 Å². The van der Waals surface area contributed by atoms with Crippen LogP contribution >= 0.6 is 0 Å². The molecule has 0 aliphatic heterocycles. The highest BCUT2D eigenvalue weighted by atomic mass is 16.2. The van der Waals surface area contributed by atoms with Crippen molar-refractivity contribution >= 4 is 17.5 Å². The second kappa shape index (κ2) is 5.46. The number of nitrogens with one attached hydrogen (secondary N) is 2.